The van der Waals surface area contributed by atoms with E-state index in [-0.39, 0.29) is 17.1 Å². The lowest BCUT2D eigenvalue weighted by Gasteiger charge is -2.31. The van der Waals surface area contributed by atoms with Crippen LogP contribution in [0, 0.1) is 24.2 Å². The molecule has 0 aliphatic heterocycles. The van der Waals surface area contributed by atoms with E-state index in [1.165, 1.54) is 0 Å². The Bertz CT molecular complexity index is 971. The average Bonchev–Trinajstić information content (AvgIpc) is 3.25. The fourth-order valence-electron chi connectivity index (χ4n) is 5.80. The molecule has 4 atom stereocenters. The molecule has 0 amide bonds. The molecule has 1 fully saturated rings. The highest BCUT2D eigenvalue weighted by atomic mass is 16.5. The highest BCUT2D eigenvalue weighted by Crippen LogP contribution is 2.69. The van der Waals surface area contributed by atoms with Gasteiger partial charge in [-0.15, -0.1) is 0 Å². The van der Waals surface area contributed by atoms with Gasteiger partial charge in [-0.25, -0.2) is 0 Å². The minimum absolute atomic E-state index is 0.193. The van der Waals surface area contributed by atoms with Crippen LogP contribution < -0.4 is 9.47 Å². The lowest BCUT2D eigenvalue weighted by molar-refractivity contribution is 0.0779. The van der Waals surface area contributed by atoms with Gasteiger partial charge in [-0.3, -0.25) is 4.79 Å². The van der Waals surface area contributed by atoms with Crippen molar-refractivity contribution in [3.8, 4) is 11.5 Å². The third kappa shape index (κ3) is 1.51. The lowest BCUT2D eigenvalue weighted by atomic mass is 9.70. The fourth-order valence-corrected chi connectivity index (χ4v) is 5.80. The van der Waals surface area contributed by atoms with Crippen LogP contribution in [0.25, 0.3) is 10.8 Å². The molecule has 0 N–H and O–H groups in total. The van der Waals surface area contributed by atoms with E-state index in [1.54, 1.807) is 14.2 Å². The Morgan fingerprint density at radius 3 is 2.60 bits per heavy atom. The third-order valence-electron chi connectivity index (χ3n) is 6.88. The van der Waals surface area contributed by atoms with Crippen LogP contribution in [0.15, 0.2) is 30.4 Å². The normalized spacial score (nSPS) is 31.5. The molecule has 2 aromatic carbocycles. The molecule has 0 radical (unpaired) electrons. The summed E-state index contributed by atoms with van der Waals surface area (Å²) >= 11 is 0. The van der Waals surface area contributed by atoms with Gasteiger partial charge in [0.2, 0.25) is 0 Å². The molecule has 25 heavy (non-hydrogen) atoms. The molecule has 1 saturated carbocycles. The monoisotopic (exact) mass is 334 g/mol. The maximum atomic E-state index is 13.6. The minimum Gasteiger partial charge on any atom is -0.496 e. The molecule has 3 aliphatic rings. The number of carbonyl (C=O) groups excluding carboxylic acids is 1. The molecule has 0 aromatic heterocycles. The summed E-state index contributed by atoms with van der Waals surface area (Å²) < 4.78 is 11.7. The molecular formula is C22H22O3. The van der Waals surface area contributed by atoms with Crippen LogP contribution in [-0.4, -0.2) is 20.0 Å². The molecule has 2 bridgehead atoms. The number of ether oxygens (including phenoxy) is 2. The van der Waals surface area contributed by atoms with Crippen molar-refractivity contribution >= 4 is 16.6 Å². The first-order valence-corrected chi connectivity index (χ1v) is 8.94. The van der Waals surface area contributed by atoms with Gasteiger partial charge in [-0.2, -0.15) is 0 Å². The van der Waals surface area contributed by atoms with Crippen molar-refractivity contribution in [2.45, 2.75) is 26.2 Å². The first-order valence-electron chi connectivity index (χ1n) is 8.94. The highest BCUT2D eigenvalue weighted by molar-refractivity contribution is 6.15. The van der Waals surface area contributed by atoms with Gasteiger partial charge in [0.05, 0.1) is 19.8 Å². The van der Waals surface area contributed by atoms with Crippen LogP contribution in [0.1, 0.15) is 40.7 Å². The fraction of sp³-hybridized carbons (Fsp3) is 0.409. The number of Topliss-reactive ketones (excluding diaryl/α,β-unsaturated/α-hetero) is 1. The second kappa shape index (κ2) is 4.66. The number of carbonyl (C=O) groups is 1. The second-order valence-electron chi connectivity index (χ2n) is 7.83. The molecular weight excluding hydrogens is 312 g/mol. The summed E-state index contributed by atoms with van der Waals surface area (Å²) in [5, 5.41) is 2.04. The first-order chi connectivity index (χ1) is 12.0. The number of fused-ring (bicyclic) bond motifs is 8. The Hall–Kier alpha value is -2.29. The van der Waals surface area contributed by atoms with Crippen LogP contribution in [0.3, 0.4) is 0 Å². The molecule has 5 rings (SSSR count). The van der Waals surface area contributed by atoms with E-state index in [2.05, 4.69) is 38.1 Å². The van der Waals surface area contributed by atoms with Crippen LogP contribution in [0.2, 0.25) is 0 Å². The van der Waals surface area contributed by atoms with Gasteiger partial charge in [0.1, 0.15) is 11.5 Å². The number of methoxy groups -OCH3 is 2. The zero-order chi connectivity index (χ0) is 17.5. The molecule has 0 spiro atoms. The maximum absolute atomic E-state index is 13.6. The zero-order valence-corrected chi connectivity index (χ0v) is 15.1. The van der Waals surface area contributed by atoms with Gasteiger partial charge in [0, 0.05) is 27.7 Å². The number of aryl methyl sites for hydroxylation is 1. The molecule has 3 aliphatic carbocycles. The average molecular weight is 334 g/mol. The van der Waals surface area contributed by atoms with E-state index in [0.717, 1.165) is 45.4 Å². The van der Waals surface area contributed by atoms with Gasteiger partial charge in [-0.05, 0) is 30.7 Å². The van der Waals surface area contributed by atoms with Gasteiger partial charge < -0.3 is 9.47 Å². The van der Waals surface area contributed by atoms with Crippen molar-refractivity contribution in [3.63, 3.8) is 0 Å². The van der Waals surface area contributed by atoms with E-state index >= 15 is 0 Å². The second-order valence-corrected chi connectivity index (χ2v) is 7.83. The van der Waals surface area contributed by atoms with E-state index in [0.29, 0.717) is 11.8 Å². The van der Waals surface area contributed by atoms with Gasteiger partial charge >= 0.3 is 0 Å². The summed E-state index contributed by atoms with van der Waals surface area (Å²) in [5.74, 6) is 2.74. The van der Waals surface area contributed by atoms with Gasteiger partial charge in [0.15, 0.2) is 5.78 Å². The third-order valence-corrected chi connectivity index (χ3v) is 6.88. The molecule has 128 valence electrons. The topological polar surface area (TPSA) is 35.5 Å². The maximum Gasteiger partial charge on any atom is 0.174 e. The number of hydrogen-bond donors (Lipinski definition) is 0. The highest BCUT2D eigenvalue weighted by Gasteiger charge is 2.64. The summed E-state index contributed by atoms with van der Waals surface area (Å²) in [4.78, 5) is 13.6. The van der Waals surface area contributed by atoms with Crippen molar-refractivity contribution in [1.29, 1.82) is 0 Å². The summed E-state index contributed by atoms with van der Waals surface area (Å²) in [5.41, 5.74) is 2.56. The molecule has 3 nitrogen and oxygen atoms in total. The number of rotatable bonds is 2. The molecule has 2 aromatic rings. The largest absolute Gasteiger partial charge is 0.496 e. The van der Waals surface area contributed by atoms with E-state index in [9.17, 15) is 4.79 Å². The standard InChI is InChI=1S/C22H22O3/c1-11-6-5-7-14-15(11)20(25-4)17-16(19(14)24-3)18-12-8-9-13(10-12)22(18,2)21(17)23/h5-9,12-13,18H,10H2,1-4H3/t12-,13+,18?,22+/m1/s1. The summed E-state index contributed by atoms with van der Waals surface area (Å²) in [6.07, 6.45) is 5.62. The molecule has 0 heterocycles. The Morgan fingerprint density at radius 2 is 1.88 bits per heavy atom. The Labute approximate surface area is 147 Å². The Kier molecular flexibility index (Phi) is 2.80. The van der Waals surface area contributed by atoms with Crippen molar-refractivity contribution in [2.24, 2.45) is 17.3 Å². The SMILES string of the molecule is COc1c2c(c(OC)c3c(C)cccc13)C(=O)[C@]1(C)C2[C@@H]2C=C[C@H]1C2. The Morgan fingerprint density at radius 1 is 1.12 bits per heavy atom. The predicted molar refractivity (Wildman–Crippen MR) is 97.7 cm³/mol. The van der Waals surface area contributed by atoms with Crippen molar-refractivity contribution in [1.82, 2.24) is 0 Å². The quantitative estimate of drug-likeness (QED) is 0.750. The molecule has 3 heteroatoms. The van der Waals surface area contributed by atoms with Gasteiger partial charge in [-0.1, -0.05) is 37.3 Å². The van der Waals surface area contributed by atoms with Crippen molar-refractivity contribution in [3.05, 3.63) is 47.0 Å². The Balaban J connectivity index is 1.96. The number of benzene rings is 2. The zero-order valence-electron chi connectivity index (χ0n) is 15.1. The molecule has 1 unspecified atom stereocenters. The van der Waals surface area contributed by atoms with Crippen LogP contribution in [-0.2, 0) is 0 Å². The van der Waals surface area contributed by atoms with E-state index in [4.69, 9.17) is 9.47 Å². The predicted octanol–water partition coefficient (Wildman–Crippen LogP) is 4.66. The number of allylic oxidation sites excluding steroid dienone is 2. The number of ketones is 1. The van der Waals surface area contributed by atoms with Crippen LogP contribution in [0.4, 0.5) is 0 Å². The summed E-state index contributed by atoms with van der Waals surface area (Å²) in [7, 11) is 3.39. The first kappa shape index (κ1) is 15.0. The summed E-state index contributed by atoms with van der Waals surface area (Å²) in [6.45, 7) is 4.20. The van der Waals surface area contributed by atoms with Crippen LogP contribution >= 0.6 is 0 Å². The minimum atomic E-state index is -0.367. The van der Waals surface area contributed by atoms with Gasteiger partial charge in [0.25, 0.3) is 0 Å². The van der Waals surface area contributed by atoms with Crippen molar-refractivity contribution < 1.29 is 14.3 Å². The van der Waals surface area contributed by atoms with E-state index < -0.39 is 0 Å². The number of hydrogen-bond acceptors (Lipinski definition) is 3. The molecule has 0 saturated heterocycles. The smallest absolute Gasteiger partial charge is 0.174 e. The van der Waals surface area contributed by atoms with Crippen molar-refractivity contribution in [2.75, 3.05) is 14.2 Å². The summed E-state index contributed by atoms with van der Waals surface area (Å²) in [6, 6.07) is 6.18. The van der Waals surface area contributed by atoms with Crippen LogP contribution in [0.5, 0.6) is 11.5 Å². The van der Waals surface area contributed by atoms with E-state index in [1.807, 2.05) is 6.07 Å². The lowest BCUT2D eigenvalue weighted by Crippen LogP contribution is -2.32.